The van der Waals surface area contributed by atoms with Gasteiger partial charge in [0.15, 0.2) is 5.60 Å². The number of hydrogen-bond donors (Lipinski definition) is 0. The van der Waals surface area contributed by atoms with E-state index in [0.717, 1.165) is 6.92 Å². The van der Waals surface area contributed by atoms with E-state index < -0.39 is 17.2 Å². The smallest absolute Gasteiger partial charge is 0.366 e. The number of ether oxygens (including phenoxy) is 1. The van der Waals surface area contributed by atoms with Crippen LogP contribution in [-0.4, -0.2) is 18.4 Å². The Bertz CT molecular complexity index is 153. The van der Waals surface area contributed by atoms with E-state index in [9.17, 15) is 13.2 Å². The van der Waals surface area contributed by atoms with Crippen LogP contribution in [0.5, 0.6) is 0 Å². The van der Waals surface area contributed by atoms with E-state index in [-0.39, 0.29) is 6.61 Å². The van der Waals surface area contributed by atoms with Gasteiger partial charge < -0.3 is 4.74 Å². The maximum Gasteiger partial charge on any atom is 0.417 e. The molecule has 0 saturated carbocycles. The highest BCUT2D eigenvalue weighted by Crippen LogP contribution is 2.45. The van der Waals surface area contributed by atoms with Crippen molar-refractivity contribution in [2.75, 3.05) is 6.61 Å². The van der Waals surface area contributed by atoms with Gasteiger partial charge in [0, 0.05) is 6.61 Å². The lowest BCUT2D eigenvalue weighted by Gasteiger charge is -2.42. The Kier molecular flexibility index (Phi) is 3.41. The number of hydrogen-bond acceptors (Lipinski definition) is 1. The summed E-state index contributed by atoms with van der Waals surface area (Å²) in [6, 6.07) is 0. The van der Waals surface area contributed by atoms with Gasteiger partial charge in [-0.15, -0.1) is 0 Å². The molecule has 1 unspecified atom stereocenters. The van der Waals surface area contributed by atoms with E-state index in [1.165, 1.54) is 20.8 Å². The van der Waals surface area contributed by atoms with Crippen LogP contribution < -0.4 is 0 Å². The molecule has 0 saturated heterocycles. The van der Waals surface area contributed by atoms with Crippen LogP contribution in [0.1, 0.15) is 34.6 Å². The molecule has 0 radical (unpaired) electrons. The summed E-state index contributed by atoms with van der Waals surface area (Å²) < 4.78 is 42.8. The third-order valence-corrected chi connectivity index (χ3v) is 2.41. The summed E-state index contributed by atoms with van der Waals surface area (Å²) >= 11 is 0. The minimum absolute atomic E-state index is 0.0628. The van der Waals surface area contributed by atoms with Gasteiger partial charge in [-0.2, -0.15) is 13.2 Å². The molecule has 0 aliphatic heterocycles. The van der Waals surface area contributed by atoms with Crippen molar-refractivity contribution < 1.29 is 17.9 Å². The van der Waals surface area contributed by atoms with Crippen LogP contribution >= 0.6 is 0 Å². The van der Waals surface area contributed by atoms with Crippen LogP contribution in [0.25, 0.3) is 0 Å². The molecule has 0 fully saturated rings. The van der Waals surface area contributed by atoms with Crippen LogP contribution in [0.2, 0.25) is 0 Å². The minimum atomic E-state index is -4.33. The summed E-state index contributed by atoms with van der Waals surface area (Å²) in [6.45, 7) is 7.29. The zero-order chi connectivity index (χ0) is 10.9. The highest BCUT2D eigenvalue weighted by atomic mass is 19.4. The predicted molar refractivity (Wildman–Crippen MR) is 45.5 cm³/mol. The molecule has 0 aliphatic carbocycles. The first-order valence-electron chi connectivity index (χ1n) is 4.27. The molecule has 1 atom stereocenters. The first-order chi connectivity index (χ1) is 5.56. The quantitative estimate of drug-likeness (QED) is 0.660. The minimum Gasteiger partial charge on any atom is -0.366 e. The topological polar surface area (TPSA) is 9.23 Å². The Morgan fingerprint density at radius 2 is 1.38 bits per heavy atom. The van der Waals surface area contributed by atoms with E-state index >= 15 is 0 Å². The van der Waals surface area contributed by atoms with Gasteiger partial charge in [-0.25, -0.2) is 0 Å². The zero-order valence-electron chi connectivity index (χ0n) is 8.75. The zero-order valence-corrected chi connectivity index (χ0v) is 8.75. The van der Waals surface area contributed by atoms with Gasteiger partial charge in [-0.3, -0.25) is 0 Å². The fourth-order valence-electron chi connectivity index (χ4n) is 1.01. The average molecular weight is 198 g/mol. The van der Waals surface area contributed by atoms with Crippen molar-refractivity contribution in [3.05, 3.63) is 0 Å². The molecular formula is C9H17F3O. The summed E-state index contributed by atoms with van der Waals surface area (Å²) in [5, 5.41) is 0. The SMILES string of the molecule is CCOC(C)(C(C)(C)C)C(F)(F)F. The normalized spacial score (nSPS) is 18.5. The van der Waals surface area contributed by atoms with Gasteiger partial charge in [-0.1, -0.05) is 20.8 Å². The standard InChI is InChI=1S/C9H17F3O/c1-6-13-8(5,7(2,3)4)9(10,11)12/h6H2,1-5H3. The Morgan fingerprint density at radius 3 is 1.46 bits per heavy atom. The molecule has 0 aromatic heterocycles. The second-order valence-electron chi connectivity index (χ2n) is 4.21. The number of alkyl halides is 3. The molecule has 0 heterocycles. The van der Waals surface area contributed by atoms with Crippen molar-refractivity contribution in [1.29, 1.82) is 0 Å². The monoisotopic (exact) mass is 198 g/mol. The molecule has 0 N–H and O–H groups in total. The highest BCUT2D eigenvalue weighted by molar-refractivity contribution is 4.94. The highest BCUT2D eigenvalue weighted by Gasteiger charge is 2.59. The van der Waals surface area contributed by atoms with Crippen molar-refractivity contribution in [3.8, 4) is 0 Å². The Labute approximate surface area is 77.3 Å². The summed E-state index contributed by atoms with van der Waals surface area (Å²) in [5.74, 6) is 0. The van der Waals surface area contributed by atoms with Crippen molar-refractivity contribution >= 4 is 0 Å². The van der Waals surface area contributed by atoms with Crippen LogP contribution in [0.15, 0.2) is 0 Å². The Hall–Kier alpha value is -0.250. The molecule has 80 valence electrons. The molecule has 0 aromatic rings. The van der Waals surface area contributed by atoms with Gasteiger partial charge >= 0.3 is 6.18 Å². The van der Waals surface area contributed by atoms with E-state index in [1.54, 1.807) is 6.92 Å². The molecule has 1 nitrogen and oxygen atoms in total. The molecule has 0 rings (SSSR count). The van der Waals surface area contributed by atoms with Crippen molar-refractivity contribution in [2.45, 2.75) is 46.4 Å². The first kappa shape index (κ1) is 12.8. The molecule has 0 spiro atoms. The van der Waals surface area contributed by atoms with Crippen LogP contribution in [0, 0.1) is 5.41 Å². The van der Waals surface area contributed by atoms with Gasteiger partial charge in [0.2, 0.25) is 0 Å². The van der Waals surface area contributed by atoms with Gasteiger partial charge in [0.05, 0.1) is 0 Å². The molecule has 4 heteroatoms. The maximum absolute atomic E-state index is 12.7. The van der Waals surface area contributed by atoms with E-state index in [1.807, 2.05) is 0 Å². The van der Waals surface area contributed by atoms with Crippen molar-refractivity contribution in [2.24, 2.45) is 5.41 Å². The van der Waals surface area contributed by atoms with Gasteiger partial charge in [0.25, 0.3) is 0 Å². The van der Waals surface area contributed by atoms with E-state index in [4.69, 9.17) is 4.74 Å². The Balaban J connectivity index is 4.96. The predicted octanol–water partition coefficient (Wildman–Crippen LogP) is 3.39. The fraction of sp³-hybridized carbons (Fsp3) is 1.00. The number of halogens is 3. The third kappa shape index (κ3) is 2.36. The fourth-order valence-corrected chi connectivity index (χ4v) is 1.01. The van der Waals surface area contributed by atoms with Crippen LogP contribution in [0.4, 0.5) is 13.2 Å². The molecule has 0 aliphatic rings. The van der Waals surface area contributed by atoms with Crippen molar-refractivity contribution in [3.63, 3.8) is 0 Å². The molecule has 0 aromatic carbocycles. The second-order valence-corrected chi connectivity index (χ2v) is 4.21. The average Bonchev–Trinajstić information content (AvgIpc) is 1.82. The second kappa shape index (κ2) is 3.48. The van der Waals surface area contributed by atoms with Crippen LogP contribution in [-0.2, 0) is 4.74 Å². The molecular weight excluding hydrogens is 181 g/mol. The maximum atomic E-state index is 12.7. The van der Waals surface area contributed by atoms with E-state index in [0.29, 0.717) is 0 Å². The lowest BCUT2D eigenvalue weighted by atomic mass is 9.77. The third-order valence-electron chi connectivity index (χ3n) is 2.41. The molecule has 0 amide bonds. The molecule has 0 bridgehead atoms. The van der Waals surface area contributed by atoms with E-state index in [2.05, 4.69) is 0 Å². The summed E-state index contributed by atoms with van der Waals surface area (Å²) in [4.78, 5) is 0. The number of rotatable bonds is 2. The largest absolute Gasteiger partial charge is 0.417 e. The Morgan fingerprint density at radius 1 is 1.00 bits per heavy atom. The van der Waals surface area contributed by atoms with Gasteiger partial charge in [-0.05, 0) is 19.3 Å². The summed E-state index contributed by atoms with van der Waals surface area (Å²) in [6.07, 6.45) is -4.33. The lowest BCUT2D eigenvalue weighted by molar-refractivity contribution is -0.303. The molecule has 13 heavy (non-hydrogen) atoms. The summed E-state index contributed by atoms with van der Waals surface area (Å²) in [7, 11) is 0. The first-order valence-corrected chi connectivity index (χ1v) is 4.27. The van der Waals surface area contributed by atoms with Gasteiger partial charge in [0.1, 0.15) is 0 Å². The summed E-state index contributed by atoms with van der Waals surface area (Å²) in [5.41, 5.74) is -3.03. The lowest BCUT2D eigenvalue weighted by Crippen LogP contribution is -2.54. The van der Waals surface area contributed by atoms with Crippen LogP contribution in [0.3, 0.4) is 0 Å². The van der Waals surface area contributed by atoms with Crippen molar-refractivity contribution in [1.82, 2.24) is 0 Å².